The van der Waals surface area contributed by atoms with Crippen molar-refractivity contribution >= 4 is 11.8 Å². The maximum Gasteiger partial charge on any atom is 0.253 e. The number of allylic oxidation sites excluding steroid dienone is 2. The molecule has 3 aliphatic rings. The van der Waals surface area contributed by atoms with Crippen LogP contribution >= 0.6 is 0 Å². The molecule has 0 spiro atoms. The minimum atomic E-state index is -0.294. The Bertz CT molecular complexity index is 732. The molecule has 2 heterocycles. The first-order valence-electron chi connectivity index (χ1n) is 9.97. The van der Waals surface area contributed by atoms with E-state index < -0.39 is 0 Å². The molecular formula is C22H28N2O3. The zero-order chi connectivity index (χ0) is 18.9. The van der Waals surface area contributed by atoms with E-state index in [1.54, 1.807) is 0 Å². The Balaban J connectivity index is 1.44. The fourth-order valence-electron chi connectivity index (χ4n) is 4.55. The van der Waals surface area contributed by atoms with Gasteiger partial charge in [-0.1, -0.05) is 37.3 Å². The average Bonchev–Trinajstić information content (AvgIpc) is 2.99. The molecule has 27 heavy (non-hydrogen) atoms. The number of carbonyl (C=O) groups excluding carboxylic acids is 2. The summed E-state index contributed by atoms with van der Waals surface area (Å²) in [5.41, 5.74) is 0.418. The molecule has 2 aliphatic heterocycles. The zero-order valence-electron chi connectivity index (χ0n) is 16.0. The molecule has 2 fully saturated rings. The van der Waals surface area contributed by atoms with Crippen LogP contribution in [0.2, 0.25) is 0 Å². The van der Waals surface area contributed by atoms with Crippen LogP contribution in [0.3, 0.4) is 0 Å². The Morgan fingerprint density at radius 3 is 2.59 bits per heavy atom. The highest BCUT2D eigenvalue weighted by Gasteiger charge is 2.44. The number of fused-ring (bicyclic) bond motifs is 1. The van der Waals surface area contributed by atoms with Crippen LogP contribution in [0, 0.1) is 11.3 Å². The number of likely N-dealkylation sites (tertiary alicyclic amines) is 1. The van der Waals surface area contributed by atoms with E-state index in [4.69, 9.17) is 4.74 Å². The molecule has 0 bridgehead atoms. The Labute approximate surface area is 161 Å². The Kier molecular flexibility index (Phi) is 5.04. The maximum absolute atomic E-state index is 13.1. The van der Waals surface area contributed by atoms with E-state index in [1.807, 2.05) is 40.1 Å². The minimum absolute atomic E-state index is 0.0326. The first kappa shape index (κ1) is 18.2. The van der Waals surface area contributed by atoms with Crippen LogP contribution in [0.1, 0.15) is 36.5 Å². The van der Waals surface area contributed by atoms with Crippen molar-refractivity contribution in [2.75, 3.05) is 32.8 Å². The van der Waals surface area contributed by atoms with E-state index >= 15 is 0 Å². The summed E-state index contributed by atoms with van der Waals surface area (Å²) >= 11 is 0. The molecule has 5 nitrogen and oxygen atoms in total. The summed E-state index contributed by atoms with van der Waals surface area (Å²) in [7, 11) is 0. The second kappa shape index (κ2) is 7.47. The van der Waals surface area contributed by atoms with Crippen LogP contribution in [0.4, 0.5) is 0 Å². The van der Waals surface area contributed by atoms with Gasteiger partial charge in [-0.2, -0.15) is 0 Å². The van der Waals surface area contributed by atoms with Crippen LogP contribution < -0.4 is 0 Å². The molecule has 5 heteroatoms. The summed E-state index contributed by atoms with van der Waals surface area (Å²) in [6.07, 6.45) is 7.03. The van der Waals surface area contributed by atoms with Gasteiger partial charge in [0, 0.05) is 37.7 Å². The van der Waals surface area contributed by atoms with Crippen molar-refractivity contribution in [3.63, 3.8) is 0 Å². The molecule has 1 aromatic rings. The van der Waals surface area contributed by atoms with Gasteiger partial charge in [0.15, 0.2) is 0 Å². The van der Waals surface area contributed by atoms with Crippen LogP contribution in [-0.2, 0) is 9.53 Å². The SMILES string of the molecule is CC1(C(=O)N2C[C@@H]3CN(C(=O)c4ccccc4)CCO[C@@H]3C2)CC=CCC1. The van der Waals surface area contributed by atoms with Gasteiger partial charge >= 0.3 is 0 Å². The lowest BCUT2D eigenvalue weighted by atomic mass is 9.78. The third kappa shape index (κ3) is 3.65. The number of ether oxygens (including phenoxy) is 1. The van der Waals surface area contributed by atoms with Crippen molar-refractivity contribution in [1.29, 1.82) is 0 Å². The van der Waals surface area contributed by atoms with Gasteiger partial charge in [0.1, 0.15) is 0 Å². The van der Waals surface area contributed by atoms with E-state index in [0.29, 0.717) is 38.3 Å². The van der Waals surface area contributed by atoms with E-state index in [2.05, 4.69) is 19.1 Å². The van der Waals surface area contributed by atoms with Gasteiger partial charge in [-0.25, -0.2) is 0 Å². The molecular weight excluding hydrogens is 340 g/mol. The summed E-state index contributed by atoms with van der Waals surface area (Å²) in [6.45, 7) is 5.20. The van der Waals surface area contributed by atoms with Gasteiger partial charge in [-0.3, -0.25) is 9.59 Å². The summed E-state index contributed by atoms with van der Waals surface area (Å²) in [5, 5.41) is 0. The summed E-state index contributed by atoms with van der Waals surface area (Å²) in [6, 6.07) is 9.40. The van der Waals surface area contributed by atoms with Crippen LogP contribution in [-0.4, -0.2) is 60.5 Å². The van der Waals surface area contributed by atoms with E-state index in [0.717, 1.165) is 19.3 Å². The van der Waals surface area contributed by atoms with Crippen LogP contribution in [0.15, 0.2) is 42.5 Å². The molecule has 3 atom stereocenters. The number of hydrogen-bond donors (Lipinski definition) is 0. The quantitative estimate of drug-likeness (QED) is 0.754. The standard InChI is InChI=1S/C22H28N2O3/c1-22(10-6-3-7-11-22)21(26)24-15-18-14-23(12-13-27-19(18)16-24)20(25)17-8-4-2-5-9-17/h2-6,8-9,18-19H,7,10-16H2,1H3/t18-,19+,22?/m0/s1. The van der Waals surface area contributed by atoms with Gasteiger partial charge in [0.25, 0.3) is 5.91 Å². The minimum Gasteiger partial charge on any atom is -0.374 e. The van der Waals surface area contributed by atoms with Crippen molar-refractivity contribution in [3.8, 4) is 0 Å². The van der Waals surface area contributed by atoms with Crippen molar-refractivity contribution < 1.29 is 14.3 Å². The van der Waals surface area contributed by atoms with E-state index in [-0.39, 0.29) is 29.3 Å². The monoisotopic (exact) mass is 368 g/mol. The summed E-state index contributed by atoms with van der Waals surface area (Å²) in [5.74, 6) is 0.477. The van der Waals surface area contributed by atoms with Crippen LogP contribution in [0.25, 0.3) is 0 Å². The number of nitrogens with zero attached hydrogens (tertiary/aromatic N) is 2. The lowest BCUT2D eigenvalue weighted by Crippen LogP contribution is -2.43. The van der Waals surface area contributed by atoms with Gasteiger partial charge < -0.3 is 14.5 Å². The predicted molar refractivity (Wildman–Crippen MR) is 103 cm³/mol. The van der Waals surface area contributed by atoms with Crippen molar-refractivity contribution in [3.05, 3.63) is 48.0 Å². The lowest BCUT2D eigenvalue weighted by molar-refractivity contribution is -0.141. The molecule has 0 aromatic heterocycles. The molecule has 1 aliphatic carbocycles. The highest BCUT2D eigenvalue weighted by molar-refractivity contribution is 5.94. The Morgan fingerprint density at radius 2 is 1.85 bits per heavy atom. The van der Waals surface area contributed by atoms with Gasteiger partial charge in [0.05, 0.1) is 18.1 Å². The lowest BCUT2D eigenvalue weighted by Gasteiger charge is -2.33. The first-order chi connectivity index (χ1) is 13.1. The molecule has 1 unspecified atom stereocenters. The number of benzene rings is 1. The molecule has 0 saturated carbocycles. The summed E-state index contributed by atoms with van der Waals surface area (Å²) < 4.78 is 6.04. The maximum atomic E-state index is 13.1. The molecule has 4 rings (SSSR count). The molecule has 144 valence electrons. The first-order valence-corrected chi connectivity index (χ1v) is 9.97. The van der Waals surface area contributed by atoms with Gasteiger partial charge in [-0.15, -0.1) is 0 Å². The molecule has 2 amide bonds. The largest absolute Gasteiger partial charge is 0.374 e. The van der Waals surface area contributed by atoms with Crippen molar-refractivity contribution in [2.24, 2.45) is 11.3 Å². The average molecular weight is 368 g/mol. The number of carbonyl (C=O) groups is 2. The van der Waals surface area contributed by atoms with E-state index in [9.17, 15) is 9.59 Å². The Morgan fingerprint density at radius 1 is 1.07 bits per heavy atom. The topological polar surface area (TPSA) is 49.9 Å². The van der Waals surface area contributed by atoms with Crippen LogP contribution in [0.5, 0.6) is 0 Å². The summed E-state index contributed by atoms with van der Waals surface area (Å²) in [4.78, 5) is 29.8. The van der Waals surface area contributed by atoms with E-state index in [1.165, 1.54) is 0 Å². The molecule has 0 radical (unpaired) electrons. The van der Waals surface area contributed by atoms with Crippen molar-refractivity contribution in [1.82, 2.24) is 9.80 Å². The zero-order valence-corrected chi connectivity index (χ0v) is 16.0. The molecule has 1 aromatic carbocycles. The number of rotatable bonds is 2. The molecule has 0 N–H and O–H groups in total. The second-order valence-corrected chi connectivity index (χ2v) is 8.27. The fourth-order valence-corrected chi connectivity index (χ4v) is 4.55. The smallest absolute Gasteiger partial charge is 0.253 e. The van der Waals surface area contributed by atoms with Gasteiger partial charge in [0.2, 0.25) is 5.91 Å². The number of amides is 2. The number of hydrogen-bond acceptors (Lipinski definition) is 3. The van der Waals surface area contributed by atoms with Crippen molar-refractivity contribution in [2.45, 2.75) is 32.3 Å². The third-order valence-corrected chi connectivity index (χ3v) is 6.24. The highest BCUT2D eigenvalue weighted by atomic mass is 16.5. The van der Waals surface area contributed by atoms with Gasteiger partial charge in [-0.05, 0) is 31.4 Å². The highest BCUT2D eigenvalue weighted by Crippen LogP contribution is 2.36. The Hall–Kier alpha value is -2.14. The normalized spacial score (nSPS) is 30.7. The second-order valence-electron chi connectivity index (χ2n) is 8.27. The third-order valence-electron chi connectivity index (χ3n) is 6.24. The molecule has 2 saturated heterocycles. The fraction of sp³-hybridized carbons (Fsp3) is 0.545. The predicted octanol–water partition coefficient (Wildman–Crippen LogP) is 2.73.